The number of benzene rings is 1. The Morgan fingerprint density at radius 1 is 1.22 bits per heavy atom. The summed E-state index contributed by atoms with van der Waals surface area (Å²) in [4.78, 5) is 0.261. The molecule has 0 aromatic heterocycles. The third-order valence-corrected chi connectivity index (χ3v) is 5.43. The van der Waals surface area contributed by atoms with Crippen molar-refractivity contribution in [2.24, 2.45) is 0 Å². The maximum atomic E-state index is 12.2. The van der Waals surface area contributed by atoms with E-state index in [2.05, 4.69) is 15.9 Å². The molecule has 18 heavy (non-hydrogen) atoms. The number of aliphatic hydroxyl groups is 1. The van der Waals surface area contributed by atoms with Crippen LogP contribution in [0.4, 0.5) is 0 Å². The van der Waals surface area contributed by atoms with Crippen LogP contribution in [0.25, 0.3) is 0 Å². The molecule has 1 aromatic rings. The number of nitrogens with zero attached hydrogens (tertiary/aromatic N) is 1. The molecule has 6 heteroatoms. The van der Waals surface area contributed by atoms with Crippen molar-refractivity contribution < 1.29 is 13.5 Å². The monoisotopic (exact) mass is 335 g/mol. The van der Waals surface area contributed by atoms with Crippen molar-refractivity contribution in [3.05, 3.63) is 29.8 Å². The molecular weight excluding hydrogens is 318 g/mol. The Morgan fingerprint density at radius 2 is 1.72 bits per heavy atom. The fourth-order valence-corrected chi connectivity index (χ4v) is 3.50. The van der Waals surface area contributed by atoms with Crippen molar-refractivity contribution in [3.8, 4) is 0 Å². The van der Waals surface area contributed by atoms with Crippen molar-refractivity contribution in [2.75, 3.05) is 18.4 Å². The van der Waals surface area contributed by atoms with Gasteiger partial charge in [-0.2, -0.15) is 4.31 Å². The average molecular weight is 336 g/mol. The molecule has 0 radical (unpaired) electrons. The number of aliphatic hydroxyl groups excluding tert-OH is 1. The van der Waals surface area contributed by atoms with Crippen LogP contribution in [0, 0.1) is 0 Å². The van der Waals surface area contributed by atoms with Gasteiger partial charge in [-0.25, -0.2) is 8.42 Å². The largest absolute Gasteiger partial charge is 0.388 e. The van der Waals surface area contributed by atoms with E-state index in [1.54, 1.807) is 12.1 Å². The van der Waals surface area contributed by atoms with Gasteiger partial charge in [0.1, 0.15) is 0 Å². The second kappa shape index (κ2) is 6.65. The molecule has 0 aliphatic rings. The van der Waals surface area contributed by atoms with Crippen LogP contribution in [0.15, 0.2) is 29.2 Å². The molecule has 0 aliphatic heterocycles. The van der Waals surface area contributed by atoms with Crippen molar-refractivity contribution in [1.82, 2.24) is 4.31 Å². The minimum atomic E-state index is -3.41. The summed E-state index contributed by atoms with van der Waals surface area (Å²) in [6.07, 6.45) is -0.616. The average Bonchev–Trinajstić information content (AvgIpc) is 2.39. The highest BCUT2D eigenvalue weighted by atomic mass is 79.9. The highest BCUT2D eigenvalue weighted by molar-refractivity contribution is 9.09. The first kappa shape index (κ1) is 15.6. The van der Waals surface area contributed by atoms with Gasteiger partial charge in [0.05, 0.1) is 11.0 Å². The first-order valence-electron chi connectivity index (χ1n) is 5.81. The molecule has 102 valence electrons. The van der Waals surface area contributed by atoms with Gasteiger partial charge in [-0.15, -0.1) is 0 Å². The van der Waals surface area contributed by atoms with Crippen LogP contribution in [-0.4, -0.2) is 36.2 Å². The molecule has 0 saturated heterocycles. The molecule has 0 amide bonds. The van der Waals surface area contributed by atoms with E-state index in [9.17, 15) is 13.5 Å². The van der Waals surface area contributed by atoms with Gasteiger partial charge in [0.15, 0.2) is 0 Å². The molecule has 0 bridgehead atoms. The maximum absolute atomic E-state index is 12.2. The predicted molar refractivity (Wildman–Crippen MR) is 75.3 cm³/mol. The molecule has 4 nitrogen and oxygen atoms in total. The van der Waals surface area contributed by atoms with Crippen LogP contribution >= 0.6 is 15.9 Å². The number of hydrogen-bond donors (Lipinski definition) is 1. The summed E-state index contributed by atoms with van der Waals surface area (Å²) in [5.41, 5.74) is 0.699. The molecular formula is C12H18BrNO3S. The lowest BCUT2D eigenvalue weighted by atomic mass is 10.1. The van der Waals surface area contributed by atoms with E-state index in [1.165, 1.54) is 16.4 Å². The fourth-order valence-electron chi connectivity index (χ4n) is 1.66. The number of hydrogen-bond acceptors (Lipinski definition) is 3. The summed E-state index contributed by atoms with van der Waals surface area (Å²) in [6, 6.07) is 6.36. The highest BCUT2D eigenvalue weighted by Gasteiger charge is 2.21. The fraction of sp³-hybridized carbons (Fsp3) is 0.500. The number of alkyl halides is 1. The standard InChI is InChI=1S/C12H18BrNO3S/c1-3-14(4-2)18(16,17)11-7-5-10(6-8-11)12(15)9-13/h5-8,12,15H,3-4,9H2,1-2H3/t12-/m0/s1. The van der Waals surface area contributed by atoms with Crippen molar-refractivity contribution >= 4 is 26.0 Å². The zero-order valence-electron chi connectivity index (χ0n) is 10.5. The van der Waals surface area contributed by atoms with Crippen molar-refractivity contribution in [1.29, 1.82) is 0 Å². The van der Waals surface area contributed by atoms with Crippen LogP contribution < -0.4 is 0 Å². The minimum absolute atomic E-state index is 0.261. The summed E-state index contributed by atoms with van der Waals surface area (Å²) in [5.74, 6) is 0. The van der Waals surface area contributed by atoms with E-state index < -0.39 is 16.1 Å². The maximum Gasteiger partial charge on any atom is 0.243 e. The van der Waals surface area contributed by atoms with Crippen LogP contribution in [0.5, 0.6) is 0 Å². The summed E-state index contributed by atoms with van der Waals surface area (Å²) in [7, 11) is -3.41. The highest BCUT2D eigenvalue weighted by Crippen LogP contribution is 2.20. The molecule has 1 aromatic carbocycles. The third kappa shape index (κ3) is 3.32. The van der Waals surface area contributed by atoms with Gasteiger partial charge in [-0.05, 0) is 17.7 Å². The van der Waals surface area contributed by atoms with Gasteiger partial charge >= 0.3 is 0 Å². The predicted octanol–water partition coefficient (Wildman–Crippen LogP) is 2.15. The zero-order valence-corrected chi connectivity index (χ0v) is 12.9. The van der Waals surface area contributed by atoms with Crippen molar-refractivity contribution in [2.45, 2.75) is 24.8 Å². The molecule has 0 aliphatic carbocycles. The van der Waals surface area contributed by atoms with Gasteiger partial charge in [-0.1, -0.05) is 41.9 Å². The normalized spacial score (nSPS) is 13.8. The third-order valence-electron chi connectivity index (χ3n) is 2.75. The van der Waals surface area contributed by atoms with E-state index >= 15 is 0 Å². The lowest BCUT2D eigenvalue weighted by Crippen LogP contribution is -2.30. The van der Waals surface area contributed by atoms with Crippen LogP contribution in [-0.2, 0) is 10.0 Å². The molecule has 1 atom stereocenters. The lowest BCUT2D eigenvalue weighted by Gasteiger charge is -2.18. The molecule has 1 N–H and O–H groups in total. The Balaban J connectivity index is 3.05. The number of rotatable bonds is 6. The molecule has 0 fully saturated rings. The summed E-state index contributed by atoms with van der Waals surface area (Å²) < 4.78 is 25.8. The molecule has 0 saturated carbocycles. The Kier molecular flexibility index (Phi) is 5.78. The smallest absolute Gasteiger partial charge is 0.243 e. The Bertz CT molecular complexity index is 469. The second-order valence-corrected chi connectivity index (χ2v) is 6.41. The Hall–Kier alpha value is -0.430. The molecule has 0 heterocycles. The summed E-state index contributed by atoms with van der Waals surface area (Å²) >= 11 is 3.18. The van der Waals surface area contributed by atoms with E-state index in [0.717, 1.165) is 0 Å². The number of sulfonamides is 1. The lowest BCUT2D eigenvalue weighted by molar-refractivity contribution is 0.205. The number of halogens is 1. The quantitative estimate of drug-likeness (QED) is 0.810. The van der Waals surface area contributed by atoms with Gasteiger partial charge in [-0.3, -0.25) is 0 Å². The summed E-state index contributed by atoms with van der Waals surface area (Å²) in [6.45, 7) is 4.52. The zero-order chi connectivity index (χ0) is 13.8. The van der Waals surface area contributed by atoms with Gasteiger partial charge in [0, 0.05) is 18.4 Å². The first-order valence-corrected chi connectivity index (χ1v) is 8.37. The first-order chi connectivity index (χ1) is 8.47. The van der Waals surface area contributed by atoms with Crippen LogP contribution in [0.2, 0.25) is 0 Å². The van der Waals surface area contributed by atoms with Crippen LogP contribution in [0.3, 0.4) is 0 Å². The minimum Gasteiger partial charge on any atom is -0.388 e. The molecule has 1 rings (SSSR count). The van der Waals surface area contributed by atoms with Gasteiger partial charge < -0.3 is 5.11 Å². The van der Waals surface area contributed by atoms with E-state index in [0.29, 0.717) is 24.0 Å². The SMILES string of the molecule is CCN(CC)S(=O)(=O)c1ccc([C@@H](O)CBr)cc1. The van der Waals surface area contributed by atoms with E-state index in [-0.39, 0.29) is 4.90 Å². The molecule has 0 unspecified atom stereocenters. The van der Waals surface area contributed by atoms with Crippen molar-refractivity contribution in [3.63, 3.8) is 0 Å². The van der Waals surface area contributed by atoms with E-state index in [4.69, 9.17) is 0 Å². The van der Waals surface area contributed by atoms with Crippen LogP contribution in [0.1, 0.15) is 25.5 Å². The van der Waals surface area contributed by atoms with Gasteiger partial charge in [0.25, 0.3) is 0 Å². The second-order valence-electron chi connectivity index (χ2n) is 3.83. The Morgan fingerprint density at radius 3 is 2.11 bits per heavy atom. The topological polar surface area (TPSA) is 57.6 Å². The van der Waals surface area contributed by atoms with E-state index in [1.807, 2.05) is 13.8 Å². The Labute approximate surface area is 117 Å². The summed E-state index contributed by atoms with van der Waals surface area (Å²) in [5, 5.41) is 10.0. The van der Waals surface area contributed by atoms with Gasteiger partial charge in [0.2, 0.25) is 10.0 Å². The molecule has 0 spiro atoms.